The van der Waals surface area contributed by atoms with Crippen molar-refractivity contribution in [3.63, 3.8) is 0 Å². The summed E-state index contributed by atoms with van der Waals surface area (Å²) in [6.45, 7) is 1.44. The minimum absolute atomic E-state index is 0.721. The van der Waals surface area contributed by atoms with Gasteiger partial charge in [0.1, 0.15) is 24.2 Å². The van der Waals surface area contributed by atoms with Gasteiger partial charge in [0.2, 0.25) is 0 Å². The monoisotopic (exact) mass is 502 g/mol. The van der Waals surface area contributed by atoms with Crippen LogP contribution in [0.4, 0.5) is 0 Å². The Bertz CT molecular complexity index is 1490. The Balaban J connectivity index is 0.889. The number of ether oxygens (including phenoxy) is 2. The minimum Gasteiger partial charge on any atom is -0.494 e. The number of hydrogen-bond donors (Lipinski definition) is 0. The van der Waals surface area contributed by atoms with E-state index in [0.717, 1.165) is 83.8 Å². The first kappa shape index (κ1) is 23.8. The number of benzene rings is 4. The summed E-state index contributed by atoms with van der Waals surface area (Å²) in [5.41, 5.74) is 6.36. The van der Waals surface area contributed by atoms with Gasteiger partial charge in [-0.05, 0) is 98.5 Å². The van der Waals surface area contributed by atoms with E-state index in [0.29, 0.717) is 0 Å². The van der Waals surface area contributed by atoms with Gasteiger partial charge in [-0.1, -0.05) is 24.3 Å². The van der Waals surface area contributed by atoms with Crippen molar-refractivity contribution in [1.29, 1.82) is 0 Å². The van der Waals surface area contributed by atoms with E-state index in [2.05, 4.69) is 55.5 Å². The second-order valence-electron chi connectivity index (χ2n) is 9.31. The van der Waals surface area contributed by atoms with E-state index in [9.17, 15) is 0 Å². The van der Waals surface area contributed by atoms with E-state index in [1.54, 1.807) is 0 Å². The third kappa shape index (κ3) is 5.25. The van der Waals surface area contributed by atoms with Crippen LogP contribution in [-0.4, -0.2) is 32.3 Å². The third-order valence-corrected chi connectivity index (χ3v) is 6.71. The maximum Gasteiger partial charge on any atom is 0.119 e. The van der Waals surface area contributed by atoms with Crippen LogP contribution in [0.1, 0.15) is 25.7 Å². The first-order chi connectivity index (χ1) is 18.8. The van der Waals surface area contributed by atoms with Gasteiger partial charge in [-0.25, -0.2) is 9.97 Å². The van der Waals surface area contributed by atoms with E-state index in [1.807, 2.05) is 73.3 Å². The standard InChI is InChI=1S/C32H30N4O2/c1(7-21-37-27-17-13-25(14-18-27)35-23-33-29-9-3-5-11-31(29)35)2-8-22-38-28-19-15-26(16-20-28)36-24-34-30-10-4-6-12-32(30)36/h3-6,9-20,23-24H,1-2,7-8,21-22H2. The molecule has 0 saturated carbocycles. The van der Waals surface area contributed by atoms with Crippen LogP contribution in [0.15, 0.2) is 110 Å². The van der Waals surface area contributed by atoms with Gasteiger partial charge in [0.05, 0.1) is 35.3 Å². The molecule has 190 valence electrons. The van der Waals surface area contributed by atoms with Gasteiger partial charge in [0.25, 0.3) is 0 Å². The molecule has 0 atom stereocenters. The molecule has 0 aliphatic heterocycles. The van der Waals surface area contributed by atoms with Crippen LogP contribution in [0.5, 0.6) is 11.5 Å². The lowest BCUT2D eigenvalue weighted by Crippen LogP contribution is -2.00. The van der Waals surface area contributed by atoms with Crippen molar-refractivity contribution >= 4 is 22.1 Å². The van der Waals surface area contributed by atoms with Crippen molar-refractivity contribution in [3.8, 4) is 22.9 Å². The molecule has 4 aromatic carbocycles. The van der Waals surface area contributed by atoms with E-state index >= 15 is 0 Å². The highest BCUT2D eigenvalue weighted by Gasteiger charge is 2.05. The number of para-hydroxylation sites is 4. The molecular formula is C32H30N4O2. The zero-order chi connectivity index (χ0) is 25.6. The van der Waals surface area contributed by atoms with Crippen LogP contribution in [0.25, 0.3) is 33.4 Å². The predicted octanol–water partition coefficient (Wildman–Crippen LogP) is 7.38. The Labute approximate surface area is 222 Å². The Morgan fingerprint density at radius 2 is 0.895 bits per heavy atom. The molecule has 0 fully saturated rings. The van der Waals surface area contributed by atoms with Crippen molar-refractivity contribution in [2.24, 2.45) is 0 Å². The summed E-state index contributed by atoms with van der Waals surface area (Å²) < 4.78 is 16.1. The SMILES string of the molecule is c1ccc2c(c1)ncn2-c1ccc(OCCCCCCOc2ccc(-n3cnc4ccccc43)cc2)cc1. The molecule has 6 aromatic rings. The number of fused-ring (bicyclic) bond motifs is 2. The molecule has 0 aliphatic rings. The van der Waals surface area contributed by atoms with Crippen LogP contribution in [0.2, 0.25) is 0 Å². The fraction of sp³-hybridized carbons (Fsp3) is 0.188. The fourth-order valence-corrected chi connectivity index (χ4v) is 4.67. The second kappa shape index (κ2) is 11.2. The van der Waals surface area contributed by atoms with E-state index in [-0.39, 0.29) is 0 Å². The van der Waals surface area contributed by atoms with Crippen molar-refractivity contribution in [1.82, 2.24) is 19.1 Å². The lowest BCUT2D eigenvalue weighted by molar-refractivity contribution is 0.287. The Morgan fingerprint density at radius 3 is 1.34 bits per heavy atom. The largest absolute Gasteiger partial charge is 0.494 e. The highest BCUT2D eigenvalue weighted by molar-refractivity contribution is 5.78. The molecule has 0 unspecified atom stereocenters. The lowest BCUT2D eigenvalue weighted by Gasteiger charge is -2.09. The van der Waals surface area contributed by atoms with Gasteiger partial charge in [0.15, 0.2) is 0 Å². The molecule has 6 heteroatoms. The van der Waals surface area contributed by atoms with Crippen LogP contribution in [-0.2, 0) is 0 Å². The summed E-state index contributed by atoms with van der Waals surface area (Å²) >= 11 is 0. The molecule has 0 aliphatic carbocycles. The van der Waals surface area contributed by atoms with E-state index in [1.165, 1.54) is 0 Å². The molecule has 2 heterocycles. The Morgan fingerprint density at radius 1 is 0.474 bits per heavy atom. The molecule has 0 N–H and O–H groups in total. The van der Waals surface area contributed by atoms with Crippen molar-refractivity contribution < 1.29 is 9.47 Å². The lowest BCUT2D eigenvalue weighted by atomic mass is 10.2. The summed E-state index contributed by atoms with van der Waals surface area (Å²) in [6.07, 6.45) is 8.03. The average molecular weight is 503 g/mol. The quantitative estimate of drug-likeness (QED) is 0.173. The summed E-state index contributed by atoms with van der Waals surface area (Å²) in [5.74, 6) is 1.79. The van der Waals surface area contributed by atoms with Crippen LogP contribution < -0.4 is 9.47 Å². The Hall–Kier alpha value is -4.58. The van der Waals surface area contributed by atoms with Crippen LogP contribution in [0.3, 0.4) is 0 Å². The van der Waals surface area contributed by atoms with Crippen LogP contribution >= 0.6 is 0 Å². The molecular weight excluding hydrogens is 472 g/mol. The van der Waals surface area contributed by atoms with Crippen LogP contribution in [0, 0.1) is 0 Å². The molecule has 0 spiro atoms. The zero-order valence-electron chi connectivity index (χ0n) is 21.2. The first-order valence-corrected chi connectivity index (χ1v) is 13.2. The highest BCUT2D eigenvalue weighted by atomic mass is 16.5. The summed E-state index contributed by atoms with van der Waals surface area (Å²) in [5, 5.41) is 0. The van der Waals surface area contributed by atoms with Gasteiger partial charge in [0, 0.05) is 11.4 Å². The number of hydrogen-bond acceptors (Lipinski definition) is 4. The highest BCUT2D eigenvalue weighted by Crippen LogP contribution is 2.22. The molecule has 0 radical (unpaired) electrons. The first-order valence-electron chi connectivity index (χ1n) is 13.2. The van der Waals surface area contributed by atoms with Crippen molar-refractivity contribution in [2.45, 2.75) is 25.7 Å². The summed E-state index contributed by atoms with van der Waals surface area (Å²) in [4.78, 5) is 8.94. The topological polar surface area (TPSA) is 54.1 Å². The normalized spacial score (nSPS) is 11.3. The molecule has 6 rings (SSSR count). The third-order valence-electron chi connectivity index (χ3n) is 6.71. The molecule has 0 saturated heterocycles. The second-order valence-corrected chi connectivity index (χ2v) is 9.31. The number of rotatable bonds is 11. The Kier molecular flexibility index (Phi) is 7.02. The summed E-state index contributed by atoms with van der Waals surface area (Å²) in [7, 11) is 0. The number of aromatic nitrogens is 4. The number of nitrogens with zero attached hydrogens (tertiary/aromatic N) is 4. The molecule has 38 heavy (non-hydrogen) atoms. The smallest absolute Gasteiger partial charge is 0.119 e. The predicted molar refractivity (Wildman–Crippen MR) is 152 cm³/mol. The number of imidazole rings is 2. The van der Waals surface area contributed by atoms with Gasteiger partial charge in [-0.3, -0.25) is 9.13 Å². The maximum absolute atomic E-state index is 5.95. The molecule has 6 nitrogen and oxygen atoms in total. The molecule has 0 bridgehead atoms. The molecule has 2 aromatic heterocycles. The van der Waals surface area contributed by atoms with Gasteiger partial charge >= 0.3 is 0 Å². The fourth-order valence-electron chi connectivity index (χ4n) is 4.67. The average Bonchev–Trinajstić information content (AvgIpc) is 3.60. The van der Waals surface area contributed by atoms with Crippen molar-refractivity contribution in [2.75, 3.05) is 13.2 Å². The summed E-state index contributed by atoms with van der Waals surface area (Å²) in [6, 6.07) is 32.7. The molecule has 0 amide bonds. The number of unbranched alkanes of at least 4 members (excludes halogenated alkanes) is 3. The van der Waals surface area contributed by atoms with Crippen molar-refractivity contribution in [3.05, 3.63) is 110 Å². The van der Waals surface area contributed by atoms with E-state index < -0.39 is 0 Å². The zero-order valence-corrected chi connectivity index (χ0v) is 21.2. The van der Waals surface area contributed by atoms with E-state index in [4.69, 9.17) is 9.47 Å². The minimum atomic E-state index is 0.721. The van der Waals surface area contributed by atoms with Gasteiger partial charge in [-0.2, -0.15) is 0 Å². The van der Waals surface area contributed by atoms with Gasteiger partial charge in [-0.15, -0.1) is 0 Å². The van der Waals surface area contributed by atoms with Gasteiger partial charge < -0.3 is 9.47 Å². The maximum atomic E-state index is 5.95.